The number of nitrogens with zero attached hydrogens (tertiary/aromatic N) is 2. The maximum Gasteiger partial charge on any atom is 0.103 e. The van der Waals surface area contributed by atoms with E-state index in [0.717, 1.165) is 17.8 Å². The molecule has 0 aliphatic rings. The lowest BCUT2D eigenvalue weighted by atomic mass is 10.3. The van der Waals surface area contributed by atoms with Gasteiger partial charge in [-0.25, -0.2) is 4.68 Å². The molecule has 0 saturated carbocycles. The number of hydrogen-bond donors (Lipinski definition) is 1. The van der Waals surface area contributed by atoms with Crippen molar-refractivity contribution in [3.63, 3.8) is 0 Å². The van der Waals surface area contributed by atoms with Gasteiger partial charge in [0.05, 0.1) is 11.9 Å². The van der Waals surface area contributed by atoms with E-state index in [1.165, 1.54) is 0 Å². The van der Waals surface area contributed by atoms with Crippen LogP contribution >= 0.6 is 0 Å². The van der Waals surface area contributed by atoms with Crippen molar-refractivity contribution in [3.8, 4) is 5.69 Å². The topological polar surface area (TPSA) is 45.5 Å². The first-order valence-corrected chi connectivity index (χ1v) is 4.28. The van der Waals surface area contributed by atoms with Crippen LogP contribution in [0.3, 0.4) is 0 Å². The standard InChI is InChI=1S/C10H11N3/c11-6-9-7-12-13(8-9)10-4-2-1-3-5-10/h1-5,7-8H,6,11H2/p+1. The summed E-state index contributed by atoms with van der Waals surface area (Å²) in [5.74, 6) is 0. The van der Waals surface area contributed by atoms with Crippen LogP contribution in [-0.4, -0.2) is 9.78 Å². The summed E-state index contributed by atoms with van der Waals surface area (Å²) < 4.78 is 1.86. The summed E-state index contributed by atoms with van der Waals surface area (Å²) in [5, 5.41) is 4.23. The second kappa shape index (κ2) is 3.41. The molecule has 1 aromatic carbocycles. The van der Waals surface area contributed by atoms with Crippen LogP contribution in [0.5, 0.6) is 0 Å². The molecule has 0 aliphatic heterocycles. The zero-order valence-corrected chi connectivity index (χ0v) is 7.35. The third-order valence-electron chi connectivity index (χ3n) is 1.95. The van der Waals surface area contributed by atoms with Crippen molar-refractivity contribution in [3.05, 3.63) is 48.3 Å². The van der Waals surface area contributed by atoms with Gasteiger partial charge in [-0.3, -0.25) is 0 Å². The molecule has 2 aromatic rings. The van der Waals surface area contributed by atoms with E-state index in [4.69, 9.17) is 0 Å². The third kappa shape index (κ3) is 1.60. The lowest BCUT2D eigenvalue weighted by Crippen LogP contribution is -2.47. The van der Waals surface area contributed by atoms with Crippen molar-refractivity contribution in [2.24, 2.45) is 0 Å². The molecule has 66 valence electrons. The maximum absolute atomic E-state index is 4.23. The summed E-state index contributed by atoms with van der Waals surface area (Å²) in [7, 11) is 0. The van der Waals surface area contributed by atoms with Crippen molar-refractivity contribution < 1.29 is 5.73 Å². The highest BCUT2D eigenvalue weighted by molar-refractivity contribution is 5.30. The molecular formula is C10H12N3+. The second-order valence-electron chi connectivity index (χ2n) is 2.88. The van der Waals surface area contributed by atoms with Crippen LogP contribution < -0.4 is 5.73 Å². The molecule has 0 fully saturated rings. The van der Waals surface area contributed by atoms with Gasteiger partial charge in [0.25, 0.3) is 0 Å². The fraction of sp³-hybridized carbons (Fsp3) is 0.100. The average Bonchev–Trinajstić information content (AvgIpc) is 2.67. The Kier molecular flexibility index (Phi) is 2.10. The third-order valence-corrected chi connectivity index (χ3v) is 1.95. The minimum atomic E-state index is 0.785. The average molecular weight is 174 g/mol. The number of hydrogen-bond acceptors (Lipinski definition) is 1. The van der Waals surface area contributed by atoms with E-state index in [-0.39, 0.29) is 0 Å². The quantitative estimate of drug-likeness (QED) is 0.712. The molecule has 0 amide bonds. The molecule has 13 heavy (non-hydrogen) atoms. The Hall–Kier alpha value is -1.61. The first kappa shape index (κ1) is 8.01. The molecule has 3 nitrogen and oxygen atoms in total. The zero-order chi connectivity index (χ0) is 9.10. The van der Waals surface area contributed by atoms with Crippen LogP contribution in [0.4, 0.5) is 0 Å². The van der Waals surface area contributed by atoms with Gasteiger partial charge in [0.1, 0.15) is 6.54 Å². The molecule has 0 bridgehead atoms. The Balaban J connectivity index is 2.36. The van der Waals surface area contributed by atoms with Crippen molar-refractivity contribution in [2.45, 2.75) is 6.54 Å². The summed E-state index contributed by atoms with van der Waals surface area (Å²) in [6.45, 7) is 0.785. The predicted molar refractivity (Wildman–Crippen MR) is 50.2 cm³/mol. The van der Waals surface area contributed by atoms with Crippen LogP contribution in [0.2, 0.25) is 0 Å². The fourth-order valence-electron chi connectivity index (χ4n) is 1.21. The molecule has 0 atom stereocenters. The van der Waals surface area contributed by atoms with Gasteiger partial charge >= 0.3 is 0 Å². The largest absolute Gasteiger partial charge is 0.354 e. The van der Waals surface area contributed by atoms with Gasteiger partial charge in [-0.1, -0.05) is 18.2 Å². The molecule has 2 rings (SSSR count). The summed E-state index contributed by atoms with van der Waals surface area (Å²) >= 11 is 0. The molecule has 1 aromatic heterocycles. The van der Waals surface area contributed by atoms with E-state index in [1.54, 1.807) is 0 Å². The Morgan fingerprint density at radius 2 is 2.00 bits per heavy atom. The Bertz CT molecular complexity index is 378. The molecule has 0 spiro atoms. The van der Waals surface area contributed by atoms with E-state index in [1.807, 2.05) is 47.4 Å². The van der Waals surface area contributed by atoms with Gasteiger partial charge in [0.15, 0.2) is 0 Å². The second-order valence-corrected chi connectivity index (χ2v) is 2.88. The van der Waals surface area contributed by atoms with Gasteiger partial charge in [0.2, 0.25) is 0 Å². The Labute approximate surface area is 76.8 Å². The highest BCUT2D eigenvalue weighted by Gasteiger charge is 1.98. The van der Waals surface area contributed by atoms with E-state index in [9.17, 15) is 0 Å². The van der Waals surface area contributed by atoms with E-state index in [0.29, 0.717) is 0 Å². The normalized spacial score (nSPS) is 10.2. The number of para-hydroxylation sites is 1. The molecule has 3 heteroatoms. The maximum atomic E-state index is 4.23. The Morgan fingerprint density at radius 1 is 1.23 bits per heavy atom. The monoisotopic (exact) mass is 174 g/mol. The van der Waals surface area contributed by atoms with Crippen molar-refractivity contribution in [1.29, 1.82) is 0 Å². The summed E-state index contributed by atoms with van der Waals surface area (Å²) in [6, 6.07) is 10.1. The highest BCUT2D eigenvalue weighted by Crippen LogP contribution is 2.06. The number of quaternary nitrogens is 1. The van der Waals surface area contributed by atoms with Crippen LogP contribution in [-0.2, 0) is 6.54 Å². The number of benzene rings is 1. The van der Waals surface area contributed by atoms with Crippen LogP contribution in [0.25, 0.3) is 5.69 Å². The van der Waals surface area contributed by atoms with Gasteiger partial charge in [-0.15, -0.1) is 0 Å². The number of aromatic nitrogens is 2. The zero-order valence-electron chi connectivity index (χ0n) is 7.35. The fourth-order valence-corrected chi connectivity index (χ4v) is 1.21. The molecular weight excluding hydrogens is 162 g/mol. The van der Waals surface area contributed by atoms with Crippen LogP contribution in [0.1, 0.15) is 5.56 Å². The van der Waals surface area contributed by atoms with Gasteiger partial charge < -0.3 is 5.73 Å². The first-order chi connectivity index (χ1) is 6.40. The minimum absolute atomic E-state index is 0.785. The van der Waals surface area contributed by atoms with E-state index in [2.05, 4.69) is 10.8 Å². The molecule has 0 aliphatic carbocycles. The Morgan fingerprint density at radius 3 is 2.62 bits per heavy atom. The van der Waals surface area contributed by atoms with Crippen molar-refractivity contribution in [2.75, 3.05) is 0 Å². The van der Waals surface area contributed by atoms with Crippen LogP contribution in [0, 0.1) is 0 Å². The number of rotatable bonds is 2. The summed E-state index contributed by atoms with van der Waals surface area (Å²) in [5.41, 5.74) is 6.05. The molecule has 1 heterocycles. The SMILES string of the molecule is [NH3+]Cc1cnn(-c2ccccc2)c1. The molecule has 0 radical (unpaired) electrons. The summed E-state index contributed by atoms with van der Waals surface area (Å²) in [6.07, 6.45) is 3.85. The van der Waals surface area contributed by atoms with E-state index >= 15 is 0 Å². The molecule has 0 saturated heterocycles. The van der Waals surface area contributed by atoms with Gasteiger partial charge in [-0.05, 0) is 12.1 Å². The predicted octanol–water partition coefficient (Wildman–Crippen LogP) is 0.614. The van der Waals surface area contributed by atoms with E-state index < -0.39 is 0 Å². The van der Waals surface area contributed by atoms with Crippen LogP contribution in [0.15, 0.2) is 42.7 Å². The lowest BCUT2D eigenvalue weighted by Gasteiger charge is -1.98. The first-order valence-electron chi connectivity index (χ1n) is 4.28. The smallest absolute Gasteiger partial charge is 0.103 e. The minimum Gasteiger partial charge on any atom is -0.354 e. The van der Waals surface area contributed by atoms with Crippen molar-refractivity contribution >= 4 is 0 Å². The van der Waals surface area contributed by atoms with Gasteiger partial charge in [-0.2, -0.15) is 5.10 Å². The van der Waals surface area contributed by atoms with Crippen molar-refractivity contribution in [1.82, 2.24) is 9.78 Å². The van der Waals surface area contributed by atoms with Gasteiger partial charge in [0, 0.05) is 11.8 Å². The molecule has 3 N–H and O–H groups in total. The molecule has 0 unspecified atom stereocenters. The lowest BCUT2D eigenvalue weighted by molar-refractivity contribution is -0.386. The summed E-state index contributed by atoms with van der Waals surface area (Å²) in [4.78, 5) is 0. The highest BCUT2D eigenvalue weighted by atomic mass is 15.3.